The van der Waals surface area contributed by atoms with Gasteiger partial charge >= 0.3 is 0 Å². The van der Waals surface area contributed by atoms with E-state index >= 15 is 0 Å². The average molecular weight is 284 g/mol. The summed E-state index contributed by atoms with van der Waals surface area (Å²) in [5.74, 6) is 0. The topological polar surface area (TPSA) is 55.2 Å². The number of aryl methyl sites for hydroxylation is 1. The molecule has 0 atom stereocenters. The Hall–Kier alpha value is -2.20. The molecule has 0 heterocycles. The molecule has 4 heteroatoms. The molecule has 0 aromatic heterocycles. The fraction of sp³-hybridized carbons (Fsp3) is 0.294. The summed E-state index contributed by atoms with van der Waals surface area (Å²) in [5.41, 5.74) is 5.71. The Kier molecular flexibility index (Phi) is 4.70. The van der Waals surface area contributed by atoms with Crippen LogP contribution in [0.1, 0.15) is 27.8 Å². The van der Waals surface area contributed by atoms with Gasteiger partial charge < -0.3 is 5.32 Å². The summed E-state index contributed by atoms with van der Waals surface area (Å²) in [5, 5.41) is 14.3. The van der Waals surface area contributed by atoms with Crippen LogP contribution in [0.25, 0.3) is 0 Å². The molecule has 0 radical (unpaired) electrons. The van der Waals surface area contributed by atoms with E-state index in [0.29, 0.717) is 6.54 Å². The summed E-state index contributed by atoms with van der Waals surface area (Å²) in [6, 6.07) is 11.5. The molecule has 0 aliphatic carbocycles. The Morgan fingerprint density at radius 3 is 2.14 bits per heavy atom. The fourth-order valence-electron chi connectivity index (χ4n) is 2.39. The number of nitrogens with zero attached hydrogens (tertiary/aromatic N) is 1. The molecule has 0 bridgehead atoms. The first kappa shape index (κ1) is 15.2. The Bertz CT molecular complexity index is 666. The molecule has 0 amide bonds. The van der Waals surface area contributed by atoms with Gasteiger partial charge in [0.2, 0.25) is 0 Å². The SMILES string of the molecule is Cc1cccc(CNCc2cccc([N+](=O)[O-])c2C)c1C. The van der Waals surface area contributed by atoms with Crippen molar-refractivity contribution < 1.29 is 4.92 Å². The predicted octanol–water partition coefficient (Wildman–Crippen LogP) is 3.81. The van der Waals surface area contributed by atoms with Gasteiger partial charge in [-0.05, 0) is 43.0 Å². The zero-order chi connectivity index (χ0) is 15.4. The molecule has 0 aliphatic heterocycles. The zero-order valence-electron chi connectivity index (χ0n) is 12.6. The molecule has 2 aromatic rings. The van der Waals surface area contributed by atoms with Crippen molar-refractivity contribution in [3.8, 4) is 0 Å². The molecule has 0 saturated carbocycles. The van der Waals surface area contributed by atoms with Crippen LogP contribution < -0.4 is 5.32 Å². The highest BCUT2D eigenvalue weighted by atomic mass is 16.6. The van der Waals surface area contributed by atoms with Crippen molar-refractivity contribution in [1.82, 2.24) is 5.32 Å². The minimum Gasteiger partial charge on any atom is -0.309 e. The van der Waals surface area contributed by atoms with Gasteiger partial charge in [0.15, 0.2) is 0 Å². The van der Waals surface area contributed by atoms with E-state index in [0.717, 1.165) is 17.7 Å². The van der Waals surface area contributed by atoms with E-state index < -0.39 is 0 Å². The quantitative estimate of drug-likeness (QED) is 0.671. The predicted molar refractivity (Wildman–Crippen MR) is 84.3 cm³/mol. The van der Waals surface area contributed by atoms with Crippen molar-refractivity contribution in [3.63, 3.8) is 0 Å². The molecule has 2 aromatic carbocycles. The molecule has 0 saturated heterocycles. The smallest absolute Gasteiger partial charge is 0.272 e. The van der Waals surface area contributed by atoms with Crippen LogP contribution in [0, 0.1) is 30.9 Å². The first-order valence-electron chi connectivity index (χ1n) is 6.99. The van der Waals surface area contributed by atoms with Crippen molar-refractivity contribution in [2.45, 2.75) is 33.9 Å². The van der Waals surface area contributed by atoms with E-state index in [9.17, 15) is 10.1 Å². The maximum atomic E-state index is 10.9. The number of nitro benzene ring substituents is 1. The van der Waals surface area contributed by atoms with E-state index in [1.165, 1.54) is 16.7 Å². The van der Waals surface area contributed by atoms with Crippen LogP contribution in [0.3, 0.4) is 0 Å². The summed E-state index contributed by atoms with van der Waals surface area (Å²) >= 11 is 0. The maximum absolute atomic E-state index is 10.9. The van der Waals surface area contributed by atoms with Crippen LogP contribution in [0.5, 0.6) is 0 Å². The molecule has 4 nitrogen and oxygen atoms in total. The summed E-state index contributed by atoms with van der Waals surface area (Å²) in [6.07, 6.45) is 0. The number of rotatable bonds is 5. The lowest BCUT2D eigenvalue weighted by atomic mass is 10.0. The number of nitrogens with one attached hydrogen (secondary N) is 1. The standard InChI is InChI=1S/C17H20N2O2/c1-12-6-4-7-15(13(12)2)10-18-11-16-8-5-9-17(14(16)3)19(20)21/h4-9,18H,10-11H2,1-3H3. The molecule has 1 N–H and O–H groups in total. The summed E-state index contributed by atoms with van der Waals surface area (Å²) in [4.78, 5) is 10.6. The monoisotopic (exact) mass is 284 g/mol. The van der Waals surface area contributed by atoms with Crippen LogP contribution in [0.15, 0.2) is 36.4 Å². The largest absolute Gasteiger partial charge is 0.309 e. The van der Waals surface area contributed by atoms with Crippen molar-refractivity contribution in [3.05, 3.63) is 74.3 Å². The van der Waals surface area contributed by atoms with Crippen LogP contribution in [0.4, 0.5) is 5.69 Å². The fourth-order valence-corrected chi connectivity index (χ4v) is 2.39. The molecule has 2 rings (SSSR count). The van der Waals surface area contributed by atoms with E-state index in [1.54, 1.807) is 19.1 Å². The van der Waals surface area contributed by atoms with Gasteiger partial charge in [-0.15, -0.1) is 0 Å². The van der Waals surface area contributed by atoms with E-state index in [1.807, 2.05) is 6.07 Å². The highest BCUT2D eigenvalue weighted by molar-refractivity contribution is 5.44. The number of nitro groups is 1. The summed E-state index contributed by atoms with van der Waals surface area (Å²) in [6.45, 7) is 7.40. The van der Waals surface area contributed by atoms with Crippen LogP contribution >= 0.6 is 0 Å². The number of hydrogen-bond acceptors (Lipinski definition) is 3. The van der Waals surface area contributed by atoms with E-state index in [4.69, 9.17) is 0 Å². The minimum atomic E-state index is -0.330. The van der Waals surface area contributed by atoms with Gasteiger partial charge in [-0.1, -0.05) is 30.3 Å². The molecule has 0 fully saturated rings. The molecule has 21 heavy (non-hydrogen) atoms. The lowest BCUT2D eigenvalue weighted by Gasteiger charge is -2.11. The molecular formula is C17H20N2O2. The van der Waals surface area contributed by atoms with Crippen molar-refractivity contribution >= 4 is 5.69 Å². The summed E-state index contributed by atoms with van der Waals surface area (Å²) < 4.78 is 0. The lowest BCUT2D eigenvalue weighted by molar-refractivity contribution is -0.385. The Labute approximate surface area is 125 Å². The van der Waals surface area contributed by atoms with Crippen LogP contribution in [-0.2, 0) is 13.1 Å². The van der Waals surface area contributed by atoms with Crippen molar-refractivity contribution in [1.29, 1.82) is 0 Å². The van der Waals surface area contributed by atoms with Crippen LogP contribution in [0.2, 0.25) is 0 Å². The maximum Gasteiger partial charge on any atom is 0.272 e. The van der Waals surface area contributed by atoms with Crippen LogP contribution in [-0.4, -0.2) is 4.92 Å². The minimum absolute atomic E-state index is 0.182. The molecule has 0 unspecified atom stereocenters. The van der Waals surface area contributed by atoms with E-state index in [2.05, 4.69) is 37.4 Å². The zero-order valence-corrected chi connectivity index (χ0v) is 12.6. The Morgan fingerprint density at radius 1 is 0.952 bits per heavy atom. The third-order valence-corrected chi connectivity index (χ3v) is 3.96. The van der Waals surface area contributed by atoms with Gasteiger partial charge in [-0.2, -0.15) is 0 Å². The Balaban J connectivity index is 2.06. The Morgan fingerprint density at radius 2 is 1.52 bits per heavy atom. The molecule has 0 aliphatic rings. The second kappa shape index (κ2) is 6.50. The highest BCUT2D eigenvalue weighted by Gasteiger charge is 2.12. The lowest BCUT2D eigenvalue weighted by Crippen LogP contribution is -2.15. The molecular weight excluding hydrogens is 264 g/mol. The number of benzene rings is 2. The van der Waals surface area contributed by atoms with Gasteiger partial charge in [-0.3, -0.25) is 10.1 Å². The molecule has 110 valence electrons. The van der Waals surface area contributed by atoms with Gasteiger partial charge in [0.05, 0.1) is 4.92 Å². The average Bonchev–Trinajstić information content (AvgIpc) is 2.45. The molecule has 0 spiro atoms. The van der Waals surface area contributed by atoms with Gasteiger partial charge in [0, 0.05) is 24.7 Å². The first-order chi connectivity index (χ1) is 10.0. The van der Waals surface area contributed by atoms with Crippen molar-refractivity contribution in [2.75, 3.05) is 0 Å². The summed E-state index contributed by atoms with van der Waals surface area (Å²) in [7, 11) is 0. The van der Waals surface area contributed by atoms with Gasteiger partial charge in [-0.25, -0.2) is 0 Å². The van der Waals surface area contributed by atoms with Gasteiger partial charge in [0.1, 0.15) is 0 Å². The van der Waals surface area contributed by atoms with E-state index in [-0.39, 0.29) is 10.6 Å². The third-order valence-electron chi connectivity index (χ3n) is 3.96. The highest BCUT2D eigenvalue weighted by Crippen LogP contribution is 2.21. The normalized spacial score (nSPS) is 10.6. The second-order valence-corrected chi connectivity index (χ2v) is 5.28. The second-order valence-electron chi connectivity index (χ2n) is 5.28. The number of hydrogen-bond donors (Lipinski definition) is 1. The third kappa shape index (κ3) is 3.47. The first-order valence-corrected chi connectivity index (χ1v) is 6.99. The van der Waals surface area contributed by atoms with Gasteiger partial charge in [0.25, 0.3) is 5.69 Å². The van der Waals surface area contributed by atoms with Crippen molar-refractivity contribution in [2.24, 2.45) is 0 Å².